The fraction of sp³-hybridized carbons (Fsp3) is 0.684. The van der Waals surface area contributed by atoms with Crippen LogP contribution in [0.4, 0.5) is 13.2 Å². The Bertz CT molecular complexity index is 640. The van der Waals surface area contributed by atoms with Crippen LogP contribution in [0, 0.1) is 23.4 Å². The number of rotatable bonds is 5. The van der Waals surface area contributed by atoms with Crippen molar-refractivity contribution in [1.29, 1.82) is 0 Å². The lowest BCUT2D eigenvalue weighted by Gasteiger charge is -2.37. The lowest BCUT2D eigenvalue weighted by Crippen LogP contribution is -2.52. The predicted octanol–water partition coefficient (Wildman–Crippen LogP) is 3.60. The molecule has 146 valence electrons. The van der Waals surface area contributed by atoms with Crippen LogP contribution in [0.25, 0.3) is 0 Å². The molecule has 1 aromatic rings. The average Bonchev–Trinajstić information content (AvgIpc) is 2.88. The van der Waals surface area contributed by atoms with Crippen molar-refractivity contribution in [3.05, 3.63) is 35.1 Å². The normalized spacial score (nSPS) is 28.2. The van der Waals surface area contributed by atoms with E-state index in [-0.39, 0.29) is 23.9 Å². The van der Waals surface area contributed by atoms with Gasteiger partial charge >= 0.3 is 0 Å². The van der Waals surface area contributed by atoms with Gasteiger partial charge in [-0.3, -0.25) is 0 Å². The van der Waals surface area contributed by atoms with Crippen LogP contribution in [-0.2, 0) is 17.8 Å². The minimum atomic E-state index is -1.32. The number of piperidine rings is 1. The quantitative estimate of drug-likeness (QED) is 0.599. The topological polar surface area (TPSA) is 47.1 Å². The third-order valence-corrected chi connectivity index (χ3v) is 7.05. The Kier molecular flexibility index (Phi) is 5.92. The highest BCUT2D eigenvalue weighted by Crippen LogP contribution is 2.34. The zero-order valence-corrected chi connectivity index (χ0v) is 16.3. The Morgan fingerprint density at radius 2 is 1.69 bits per heavy atom. The molecule has 4 atom stereocenters. The van der Waals surface area contributed by atoms with Gasteiger partial charge < -0.3 is 9.87 Å². The predicted molar refractivity (Wildman–Crippen MR) is 97.5 cm³/mol. The number of hydrogen-bond acceptors (Lipinski definition) is 3. The van der Waals surface area contributed by atoms with Crippen molar-refractivity contribution >= 4 is 11.4 Å². The molecule has 2 aliphatic rings. The average molecular weight is 388 g/mol. The lowest BCUT2D eigenvalue weighted by atomic mass is 9.83. The highest BCUT2D eigenvalue weighted by molar-refractivity contribution is 7.90. The SMILES string of the molecule is CC(C)(C)[S@+]([O-])N[C@H](Cc1cc(F)c(F)cc1F)C1CC2CCC(C1)N2. The van der Waals surface area contributed by atoms with Gasteiger partial charge in [0.05, 0.1) is 6.04 Å². The lowest BCUT2D eigenvalue weighted by molar-refractivity contribution is 0.247. The van der Waals surface area contributed by atoms with Crippen LogP contribution < -0.4 is 10.0 Å². The molecule has 3 rings (SSSR count). The third kappa shape index (κ3) is 4.55. The Balaban J connectivity index is 1.82. The minimum Gasteiger partial charge on any atom is -0.598 e. The zero-order chi connectivity index (χ0) is 19.1. The summed E-state index contributed by atoms with van der Waals surface area (Å²) in [5.74, 6) is -2.78. The number of fused-ring (bicyclic) bond motifs is 2. The van der Waals surface area contributed by atoms with E-state index in [1.165, 1.54) is 0 Å². The maximum atomic E-state index is 14.2. The van der Waals surface area contributed by atoms with Crippen LogP contribution >= 0.6 is 0 Å². The van der Waals surface area contributed by atoms with Gasteiger partial charge in [0.15, 0.2) is 11.6 Å². The van der Waals surface area contributed by atoms with Gasteiger partial charge in [-0.25, -0.2) is 13.2 Å². The van der Waals surface area contributed by atoms with Crippen LogP contribution in [0.5, 0.6) is 0 Å². The fourth-order valence-electron chi connectivity index (χ4n) is 4.01. The van der Waals surface area contributed by atoms with Crippen LogP contribution in [0.3, 0.4) is 0 Å². The first kappa shape index (κ1) is 20.0. The van der Waals surface area contributed by atoms with Crippen LogP contribution in [0.1, 0.15) is 52.0 Å². The minimum absolute atomic E-state index is 0.123. The number of hydrogen-bond donors (Lipinski definition) is 2. The first-order valence-electron chi connectivity index (χ1n) is 9.21. The van der Waals surface area contributed by atoms with Gasteiger partial charge in [-0.2, -0.15) is 0 Å². The monoisotopic (exact) mass is 388 g/mol. The van der Waals surface area contributed by atoms with Crippen molar-refractivity contribution < 1.29 is 17.7 Å². The number of nitrogens with one attached hydrogen (secondary N) is 2. The van der Waals surface area contributed by atoms with E-state index >= 15 is 0 Å². The smallest absolute Gasteiger partial charge is 0.161 e. The molecule has 0 saturated carbocycles. The highest BCUT2D eigenvalue weighted by Gasteiger charge is 2.40. The van der Waals surface area contributed by atoms with E-state index in [0.717, 1.165) is 31.7 Å². The second kappa shape index (κ2) is 7.70. The van der Waals surface area contributed by atoms with E-state index < -0.39 is 33.6 Å². The molecule has 1 aromatic carbocycles. The van der Waals surface area contributed by atoms with Gasteiger partial charge in [0.2, 0.25) is 0 Å². The molecule has 3 nitrogen and oxygen atoms in total. The summed E-state index contributed by atoms with van der Waals surface area (Å²) in [6, 6.07) is 2.13. The molecule has 2 saturated heterocycles. The molecule has 0 aliphatic carbocycles. The molecule has 2 unspecified atom stereocenters. The summed E-state index contributed by atoms with van der Waals surface area (Å²) in [5, 5.41) is 3.56. The summed E-state index contributed by atoms with van der Waals surface area (Å²) in [4.78, 5) is 0. The van der Waals surface area contributed by atoms with Crippen molar-refractivity contribution in [2.24, 2.45) is 5.92 Å². The molecule has 2 heterocycles. The summed E-state index contributed by atoms with van der Waals surface area (Å²) in [6.45, 7) is 5.62. The van der Waals surface area contributed by atoms with Gasteiger partial charge in [-0.05, 0) is 70.4 Å². The molecule has 7 heteroatoms. The standard InChI is InChI=1S/C19H27F3N2OS/c1-19(2,3)26(25)24-18(12-6-13-4-5-14(7-12)23-13)9-11-8-16(21)17(22)10-15(11)20/h8,10,12-14,18,23-24H,4-7,9H2,1-3H3/t12?,13?,14?,18-,26+/m1/s1. The second-order valence-corrected chi connectivity index (χ2v) is 10.5. The van der Waals surface area contributed by atoms with Crippen molar-refractivity contribution in [2.75, 3.05) is 0 Å². The van der Waals surface area contributed by atoms with E-state index in [2.05, 4.69) is 10.0 Å². The van der Waals surface area contributed by atoms with E-state index in [1.54, 1.807) is 0 Å². The summed E-state index contributed by atoms with van der Waals surface area (Å²) >= 11 is -1.32. The Hall–Kier alpha value is -0.760. The molecular formula is C19H27F3N2OS. The molecule has 2 bridgehead atoms. The Labute approximate surface area is 156 Å². The Morgan fingerprint density at radius 3 is 2.27 bits per heavy atom. The summed E-state index contributed by atoms with van der Waals surface area (Å²) in [7, 11) is 0. The summed E-state index contributed by atoms with van der Waals surface area (Å²) in [6.07, 6.45) is 4.27. The van der Waals surface area contributed by atoms with Crippen molar-refractivity contribution in [1.82, 2.24) is 10.0 Å². The zero-order valence-electron chi connectivity index (χ0n) is 15.5. The maximum Gasteiger partial charge on any atom is 0.161 e. The third-order valence-electron chi connectivity index (χ3n) is 5.42. The molecule has 2 N–H and O–H groups in total. The fourth-order valence-corrected chi connectivity index (χ4v) is 4.91. The molecule has 2 aliphatic heterocycles. The maximum absolute atomic E-state index is 14.2. The highest BCUT2D eigenvalue weighted by atomic mass is 32.2. The molecule has 26 heavy (non-hydrogen) atoms. The van der Waals surface area contributed by atoms with Crippen LogP contribution in [0.2, 0.25) is 0 Å². The van der Waals surface area contributed by atoms with Gasteiger partial charge in [0.25, 0.3) is 0 Å². The summed E-state index contributed by atoms with van der Waals surface area (Å²) in [5.41, 5.74) is 0.123. The van der Waals surface area contributed by atoms with E-state index in [4.69, 9.17) is 0 Å². The molecule has 2 fully saturated rings. The molecule has 0 aromatic heterocycles. The molecular weight excluding hydrogens is 361 g/mol. The number of halogens is 3. The van der Waals surface area contributed by atoms with Crippen LogP contribution in [0.15, 0.2) is 12.1 Å². The van der Waals surface area contributed by atoms with Crippen molar-refractivity contribution in [2.45, 2.75) is 75.7 Å². The molecule has 0 radical (unpaired) electrons. The first-order valence-corrected chi connectivity index (χ1v) is 10.4. The van der Waals surface area contributed by atoms with E-state index in [1.807, 2.05) is 20.8 Å². The van der Waals surface area contributed by atoms with Gasteiger partial charge in [-0.1, -0.05) is 0 Å². The molecule has 0 spiro atoms. The van der Waals surface area contributed by atoms with E-state index in [9.17, 15) is 17.7 Å². The number of benzene rings is 1. The first-order chi connectivity index (χ1) is 12.1. The molecule has 0 amide bonds. The van der Waals surface area contributed by atoms with Gasteiger partial charge in [0, 0.05) is 29.5 Å². The van der Waals surface area contributed by atoms with Crippen LogP contribution in [-0.4, -0.2) is 27.4 Å². The van der Waals surface area contributed by atoms with Crippen molar-refractivity contribution in [3.63, 3.8) is 0 Å². The van der Waals surface area contributed by atoms with Gasteiger partial charge in [0.1, 0.15) is 10.6 Å². The van der Waals surface area contributed by atoms with Gasteiger partial charge in [-0.15, -0.1) is 4.72 Å². The van der Waals surface area contributed by atoms with E-state index in [0.29, 0.717) is 18.2 Å². The Morgan fingerprint density at radius 1 is 1.12 bits per heavy atom. The van der Waals surface area contributed by atoms with Crippen molar-refractivity contribution in [3.8, 4) is 0 Å². The largest absolute Gasteiger partial charge is 0.598 e. The summed E-state index contributed by atoms with van der Waals surface area (Å²) < 4.78 is 56.4. The second-order valence-electron chi connectivity index (χ2n) is 8.54.